The lowest BCUT2D eigenvalue weighted by Gasteiger charge is -2.12. The van der Waals surface area contributed by atoms with E-state index in [1.54, 1.807) is 0 Å². The average Bonchev–Trinajstić information content (AvgIpc) is 2.80. The van der Waals surface area contributed by atoms with Crippen molar-refractivity contribution in [1.82, 2.24) is 5.32 Å². The smallest absolute Gasteiger partial charge is 0.254 e. The molecular weight excluding hydrogens is 271 g/mol. The van der Waals surface area contributed by atoms with Crippen molar-refractivity contribution in [3.8, 4) is 0 Å². The SMILES string of the molecule is NS(=O)(=O)c1ccc(F)c(C(=O)NC2CCCC2)c1. The Labute approximate surface area is 111 Å². The van der Waals surface area contributed by atoms with Crippen molar-refractivity contribution < 1.29 is 17.6 Å². The van der Waals surface area contributed by atoms with Crippen LogP contribution in [0, 0.1) is 5.82 Å². The zero-order chi connectivity index (χ0) is 14.0. The van der Waals surface area contributed by atoms with Crippen LogP contribution in [0.1, 0.15) is 36.0 Å². The maximum atomic E-state index is 13.6. The quantitative estimate of drug-likeness (QED) is 0.873. The molecule has 1 aliphatic rings. The molecule has 0 aromatic heterocycles. The van der Waals surface area contributed by atoms with Crippen molar-refractivity contribution in [3.63, 3.8) is 0 Å². The molecule has 7 heteroatoms. The summed E-state index contributed by atoms with van der Waals surface area (Å²) in [6.07, 6.45) is 3.79. The molecule has 1 aliphatic carbocycles. The summed E-state index contributed by atoms with van der Waals surface area (Å²) in [6.45, 7) is 0. The summed E-state index contributed by atoms with van der Waals surface area (Å²) < 4.78 is 36.0. The Balaban J connectivity index is 2.25. The monoisotopic (exact) mass is 286 g/mol. The van der Waals surface area contributed by atoms with Crippen LogP contribution < -0.4 is 10.5 Å². The highest BCUT2D eigenvalue weighted by Crippen LogP contribution is 2.19. The number of sulfonamides is 1. The molecule has 0 aliphatic heterocycles. The van der Waals surface area contributed by atoms with Crippen molar-refractivity contribution in [3.05, 3.63) is 29.6 Å². The molecule has 0 saturated heterocycles. The van der Waals surface area contributed by atoms with Crippen LogP contribution in [0.3, 0.4) is 0 Å². The van der Waals surface area contributed by atoms with Crippen molar-refractivity contribution in [1.29, 1.82) is 0 Å². The van der Waals surface area contributed by atoms with Crippen LogP contribution in [0.4, 0.5) is 4.39 Å². The predicted octanol–water partition coefficient (Wildman–Crippen LogP) is 1.15. The third-order valence-corrected chi connectivity index (χ3v) is 4.11. The number of halogens is 1. The number of carbonyl (C=O) groups is 1. The molecule has 1 fully saturated rings. The van der Waals surface area contributed by atoms with Gasteiger partial charge in [0.15, 0.2) is 0 Å². The van der Waals surface area contributed by atoms with Crippen LogP contribution in [0.25, 0.3) is 0 Å². The normalized spacial score (nSPS) is 16.5. The second-order valence-corrected chi connectivity index (χ2v) is 6.20. The summed E-state index contributed by atoms with van der Waals surface area (Å²) in [5.74, 6) is -1.36. The number of hydrogen-bond acceptors (Lipinski definition) is 3. The van der Waals surface area contributed by atoms with Crippen LogP contribution in [0.5, 0.6) is 0 Å². The van der Waals surface area contributed by atoms with E-state index < -0.39 is 21.7 Å². The molecule has 104 valence electrons. The molecule has 2 rings (SSSR count). The average molecular weight is 286 g/mol. The molecule has 0 bridgehead atoms. The van der Waals surface area contributed by atoms with Crippen LogP contribution in [-0.4, -0.2) is 20.4 Å². The van der Waals surface area contributed by atoms with E-state index in [1.165, 1.54) is 0 Å². The van der Waals surface area contributed by atoms with E-state index in [2.05, 4.69) is 5.32 Å². The zero-order valence-corrected chi connectivity index (χ0v) is 11.0. The first-order valence-corrected chi connectivity index (χ1v) is 7.56. The van der Waals surface area contributed by atoms with Gasteiger partial charge in [-0.05, 0) is 31.0 Å². The maximum absolute atomic E-state index is 13.6. The minimum absolute atomic E-state index is 0.0324. The van der Waals surface area contributed by atoms with Gasteiger partial charge in [-0.2, -0.15) is 0 Å². The fourth-order valence-electron chi connectivity index (χ4n) is 2.19. The maximum Gasteiger partial charge on any atom is 0.254 e. The van der Waals surface area contributed by atoms with E-state index >= 15 is 0 Å². The molecule has 1 saturated carbocycles. The molecule has 1 aromatic rings. The van der Waals surface area contributed by atoms with Gasteiger partial charge in [-0.15, -0.1) is 0 Å². The molecule has 1 amide bonds. The Morgan fingerprint density at radius 1 is 1.32 bits per heavy atom. The van der Waals surface area contributed by atoms with Crippen molar-refractivity contribution in [2.75, 3.05) is 0 Å². The topological polar surface area (TPSA) is 89.3 Å². The van der Waals surface area contributed by atoms with E-state index in [-0.39, 0.29) is 16.5 Å². The summed E-state index contributed by atoms with van der Waals surface area (Å²) in [7, 11) is -3.95. The van der Waals surface area contributed by atoms with Gasteiger partial charge in [0.1, 0.15) is 5.82 Å². The highest BCUT2D eigenvalue weighted by atomic mass is 32.2. The van der Waals surface area contributed by atoms with Gasteiger partial charge in [0.05, 0.1) is 10.5 Å². The standard InChI is InChI=1S/C12H15FN2O3S/c13-11-6-5-9(19(14,17)18)7-10(11)12(16)15-8-3-1-2-4-8/h5-8H,1-4H2,(H,15,16)(H2,14,17,18). The molecule has 0 atom stereocenters. The minimum Gasteiger partial charge on any atom is -0.349 e. The molecule has 0 radical (unpaired) electrons. The number of nitrogens with two attached hydrogens (primary N) is 1. The Morgan fingerprint density at radius 2 is 1.95 bits per heavy atom. The number of nitrogens with one attached hydrogen (secondary N) is 1. The summed E-state index contributed by atoms with van der Waals surface area (Å²) in [5, 5.41) is 7.66. The van der Waals surface area contributed by atoms with Gasteiger partial charge in [-0.1, -0.05) is 12.8 Å². The van der Waals surface area contributed by atoms with Crippen LogP contribution in [0.15, 0.2) is 23.1 Å². The van der Waals surface area contributed by atoms with Crippen molar-refractivity contribution in [2.24, 2.45) is 5.14 Å². The Morgan fingerprint density at radius 3 is 2.53 bits per heavy atom. The molecule has 0 unspecified atom stereocenters. The van der Waals surface area contributed by atoms with Crippen LogP contribution >= 0.6 is 0 Å². The lowest BCUT2D eigenvalue weighted by Crippen LogP contribution is -2.33. The second-order valence-electron chi connectivity index (χ2n) is 4.64. The van der Waals surface area contributed by atoms with Gasteiger partial charge < -0.3 is 5.32 Å². The first-order chi connectivity index (χ1) is 8.88. The molecule has 5 nitrogen and oxygen atoms in total. The van der Waals surface area contributed by atoms with Gasteiger partial charge >= 0.3 is 0 Å². The second kappa shape index (κ2) is 5.26. The minimum atomic E-state index is -3.95. The number of carbonyl (C=O) groups excluding carboxylic acids is 1. The van der Waals surface area contributed by atoms with E-state index in [4.69, 9.17) is 5.14 Å². The van der Waals surface area contributed by atoms with Crippen molar-refractivity contribution in [2.45, 2.75) is 36.6 Å². The molecule has 1 aromatic carbocycles. The van der Waals surface area contributed by atoms with E-state index in [0.29, 0.717) is 0 Å². The first kappa shape index (κ1) is 14.0. The van der Waals surface area contributed by atoms with Gasteiger partial charge in [0.2, 0.25) is 10.0 Å². The molecule has 0 heterocycles. The number of rotatable bonds is 3. The predicted molar refractivity (Wildman–Crippen MR) is 67.5 cm³/mol. The molecule has 19 heavy (non-hydrogen) atoms. The van der Waals surface area contributed by atoms with Crippen LogP contribution in [0.2, 0.25) is 0 Å². The van der Waals surface area contributed by atoms with Gasteiger partial charge in [0, 0.05) is 6.04 Å². The van der Waals surface area contributed by atoms with Gasteiger partial charge in [0.25, 0.3) is 5.91 Å². The number of primary sulfonamides is 1. The third-order valence-electron chi connectivity index (χ3n) is 3.20. The Kier molecular flexibility index (Phi) is 3.86. The zero-order valence-electron chi connectivity index (χ0n) is 10.2. The summed E-state index contributed by atoms with van der Waals surface area (Å²) in [6, 6.07) is 2.97. The number of benzene rings is 1. The summed E-state index contributed by atoms with van der Waals surface area (Å²) >= 11 is 0. The van der Waals surface area contributed by atoms with Gasteiger partial charge in [-0.3, -0.25) is 4.79 Å². The fourth-order valence-corrected chi connectivity index (χ4v) is 2.73. The molecule has 3 N–H and O–H groups in total. The lowest BCUT2D eigenvalue weighted by atomic mass is 10.1. The summed E-state index contributed by atoms with van der Waals surface area (Å²) in [5.41, 5.74) is -0.293. The Hall–Kier alpha value is -1.47. The largest absolute Gasteiger partial charge is 0.349 e. The fraction of sp³-hybridized carbons (Fsp3) is 0.417. The first-order valence-electron chi connectivity index (χ1n) is 6.01. The highest BCUT2D eigenvalue weighted by molar-refractivity contribution is 7.89. The Bertz CT molecular complexity index is 595. The highest BCUT2D eigenvalue weighted by Gasteiger charge is 2.21. The van der Waals surface area contributed by atoms with E-state index in [0.717, 1.165) is 43.9 Å². The van der Waals surface area contributed by atoms with Crippen molar-refractivity contribution >= 4 is 15.9 Å². The van der Waals surface area contributed by atoms with Crippen LogP contribution in [-0.2, 0) is 10.0 Å². The van der Waals surface area contributed by atoms with Gasteiger partial charge in [-0.25, -0.2) is 17.9 Å². The molecule has 0 spiro atoms. The van der Waals surface area contributed by atoms with E-state index in [9.17, 15) is 17.6 Å². The molecular formula is C12H15FN2O3S. The number of hydrogen-bond donors (Lipinski definition) is 2. The lowest BCUT2D eigenvalue weighted by molar-refractivity contribution is 0.0933. The van der Waals surface area contributed by atoms with E-state index in [1.807, 2.05) is 0 Å². The summed E-state index contributed by atoms with van der Waals surface area (Å²) in [4.78, 5) is 11.6. The third kappa shape index (κ3) is 3.30. The number of amides is 1.